The highest BCUT2D eigenvalue weighted by Crippen LogP contribution is 2.44. The summed E-state index contributed by atoms with van der Waals surface area (Å²) in [5.74, 6) is 0.123. The summed E-state index contributed by atoms with van der Waals surface area (Å²) in [6.07, 6.45) is 4.21. The van der Waals surface area contributed by atoms with E-state index in [0.29, 0.717) is 18.7 Å². The van der Waals surface area contributed by atoms with Crippen molar-refractivity contribution < 1.29 is 9.53 Å². The molecule has 1 aliphatic carbocycles. The number of halogens is 1. The second kappa shape index (κ2) is 7.53. The Kier molecular flexibility index (Phi) is 5.11. The molecule has 5 rings (SSSR count). The zero-order chi connectivity index (χ0) is 17.5. The summed E-state index contributed by atoms with van der Waals surface area (Å²) >= 11 is 0. The van der Waals surface area contributed by atoms with Gasteiger partial charge in [0.25, 0.3) is 0 Å². The van der Waals surface area contributed by atoms with Gasteiger partial charge in [0.2, 0.25) is 0 Å². The number of ether oxygens (including phenoxy) is 1. The molecule has 0 aromatic heterocycles. The fraction of sp³-hybridized carbons (Fsp3) is 0.409. The lowest BCUT2D eigenvalue weighted by Gasteiger charge is -2.29. The third-order valence-corrected chi connectivity index (χ3v) is 6.14. The molecule has 1 amide bonds. The van der Waals surface area contributed by atoms with Gasteiger partial charge in [0.15, 0.2) is 0 Å². The van der Waals surface area contributed by atoms with Crippen LogP contribution in [-0.4, -0.2) is 30.8 Å². The fourth-order valence-electron chi connectivity index (χ4n) is 4.98. The van der Waals surface area contributed by atoms with Gasteiger partial charge in [0, 0.05) is 24.0 Å². The summed E-state index contributed by atoms with van der Waals surface area (Å²) in [5.41, 5.74) is 5.02. The Labute approximate surface area is 166 Å². The number of nitrogens with one attached hydrogen (secondary N) is 2. The minimum Gasteiger partial charge on any atom is -0.449 e. The third kappa shape index (κ3) is 3.44. The van der Waals surface area contributed by atoms with Gasteiger partial charge in [-0.25, -0.2) is 4.79 Å². The van der Waals surface area contributed by atoms with Gasteiger partial charge in [0.05, 0.1) is 0 Å². The van der Waals surface area contributed by atoms with Crippen LogP contribution in [0.25, 0.3) is 11.1 Å². The molecule has 2 heterocycles. The second-order valence-electron chi connectivity index (χ2n) is 7.78. The summed E-state index contributed by atoms with van der Waals surface area (Å²) in [5, 5.41) is 6.69. The molecule has 2 unspecified atom stereocenters. The number of alkyl carbamates (subject to hydrolysis) is 1. The summed E-state index contributed by atoms with van der Waals surface area (Å²) in [6, 6.07) is 18.2. The van der Waals surface area contributed by atoms with Crippen LogP contribution in [0.2, 0.25) is 0 Å². The van der Waals surface area contributed by atoms with E-state index in [1.807, 2.05) is 0 Å². The second-order valence-corrected chi connectivity index (χ2v) is 7.78. The maximum atomic E-state index is 12.4. The highest BCUT2D eigenvalue weighted by atomic mass is 35.5. The van der Waals surface area contributed by atoms with Crippen molar-refractivity contribution in [2.45, 2.75) is 49.7 Å². The van der Waals surface area contributed by atoms with Gasteiger partial charge in [0.1, 0.15) is 6.61 Å². The van der Waals surface area contributed by atoms with Crippen molar-refractivity contribution in [2.24, 2.45) is 0 Å². The van der Waals surface area contributed by atoms with Gasteiger partial charge in [-0.3, -0.25) is 0 Å². The van der Waals surface area contributed by atoms with Crippen molar-refractivity contribution in [1.29, 1.82) is 0 Å². The van der Waals surface area contributed by atoms with E-state index in [1.54, 1.807) is 0 Å². The van der Waals surface area contributed by atoms with Gasteiger partial charge < -0.3 is 15.4 Å². The van der Waals surface area contributed by atoms with Crippen molar-refractivity contribution in [3.63, 3.8) is 0 Å². The monoisotopic (exact) mass is 384 g/mol. The van der Waals surface area contributed by atoms with E-state index in [4.69, 9.17) is 4.74 Å². The fourth-order valence-corrected chi connectivity index (χ4v) is 4.98. The minimum atomic E-state index is -0.279. The van der Waals surface area contributed by atoms with Crippen LogP contribution in [0, 0.1) is 0 Å². The predicted molar refractivity (Wildman–Crippen MR) is 108 cm³/mol. The third-order valence-electron chi connectivity index (χ3n) is 6.14. The van der Waals surface area contributed by atoms with Gasteiger partial charge >= 0.3 is 6.09 Å². The van der Waals surface area contributed by atoms with Crippen LogP contribution in [0.1, 0.15) is 42.7 Å². The van der Waals surface area contributed by atoms with Crippen molar-refractivity contribution >= 4 is 18.5 Å². The Hall–Kier alpha value is -2.04. The van der Waals surface area contributed by atoms with Crippen LogP contribution >= 0.6 is 12.4 Å². The minimum absolute atomic E-state index is 0. The molecule has 0 saturated carbocycles. The van der Waals surface area contributed by atoms with E-state index in [2.05, 4.69) is 59.2 Å². The Bertz CT molecular complexity index is 783. The average Bonchev–Trinajstić information content (AvgIpc) is 3.17. The first kappa shape index (κ1) is 18.3. The summed E-state index contributed by atoms with van der Waals surface area (Å²) in [4.78, 5) is 12.4. The molecule has 0 radical (unpaired) electrons. The van der Waals surface area contributed by atoms with Crippen LogP contribution in [-0.2, 0) is 4.74 Å². The highest BCUT2D eigenvalue weighted by Gasteiger charge is 2.34. The Balaban J connectivity index is 0.00000180. The van der Waals surface area contributed by atoms with Crippen molar-refractivity contribution in [3.05, 3.63) is 59.7 Å². The molecular weight excluding hydrogens is 360 g/mol. The van der Waals surface area contributed by atoms with E-state index in [9.17, 15) is 4.79 Å². The normalized spacial score (nSPS) is 25.3. The molecule has 3 aliphatic rings. The predicted octanol–water partition coefficient (Wildman–Crippen LogP) is 4.23. The molecule has 27 heavy (non-hydrogen) atoms. The lowest BCUT2D eigenvalue weighted by Crippen LogP contribution is -2.48. The zero-order valence-corrected chi connectivity index (χ0v) is 16.0. The molecule has 2 N–H and O–H groups in total. The molecule has 2 bridgehead atoms. The SMILES string of the molecule is Cl.O=C(NC1CC2CCC(C1)N2)OCC1c2ccccc2-c2ccccc21. The average molecular weight is 385 g/mol. The smallest absolute Gasteiger partial charge is 0.407 e. The first-order valence-electron chi connectivity index (χ1n) is 9.65. The quantitative estimate of drug-likeness (QED) is 0.832. The summed E-state index contributed by atoms with van der Waals surface area (Å²) < 4.78 is 5.66. The molecule has 2 aromatic carbocycles. The van der Waals surface area contributed by atoms with Gasteiger partial charge in [-0.1, -0.05) is 48.5 Å². The van der Waals surface area contributed by atoms with E-state index in [0.717, 1.165) is 12.8 Å². The molecule has 5 heteroatoms. The molecule has 2 aromatic rings. The number of benzene rings is 2. The number of hydrogen-bond donors (Lipinski definition) is 2. The molecule has 2 atom stereocenters. The number of fused-ring (bicyclic) bond motifs is 5. The van der Waals surface area contributed by atoms with Crippen LogP contribution in [0.3, 0.4) is 0 Å². The number of piperidine rings is 1. The maximum Gasteiger partial charge on any atom is 0.407 e. The van der Waals surface area contributed by atoms with Crippen LogP contribution in [0.15, 0.2) is 48.5 Å². The lowest BCUT2D eigenvalue weighted by atomic mass is 9.98. The Morgan fingerprint density at radius 1 is 0.963 bits per heavy atom. The number of rotatable bonds is 3. The Morgan fingerprint density at radius 2 is 1.52 bits per heavy atom. The molecular formula is C22H25ClN2O2. The maximum absolute atomic E-state index is 12.4. The van der Waals surface area contributed by atoms with E-state index < -0.39 is 0 Å². The van der Waals surface area contributed by atoms with Crippen LogP contribution in [0.5, 0.6) is 0 Å². The number of carbonyl (C=O) groups is 1. The van der Waals surface area contributed by atoms with E-state index in [1.165, 1.54) is 35.1 Å². The van der Waals surface area contributed by atoms with Gasteiger partial charge in [-0.15, -0.1) is 12.4 Å². The standard InChI is InChI=1S/C22H24N2O2.ClH/c25-22(24-16-11-14-9-10-15(12-16)23-14)26-13-21-19-7-3-1-5-17(19)18-6-2-4-8-20(18)21;/h1-8,14-16,21,23H,9-13H2,(H,24,25);1H. The summed E-state index contributed by atoms with van der Waals surface area (Å²) in [7, 11) is 0. The Morgan fingerprint density at radius 3 is 2.11 bits per heavy atom. The number of amides is 1. The molecule has 2 saturated heterocycles. The molecule has 142 valence electrons. The van der Waals surface area contributed by atoms with Crippen LogP contribution < -0.4 is 10.6 Å². The molecule has 0 spiro atoms. The lowest BCUT2D eigenvalue weighted by molar-refractivity contribution is 0.135. The van der Waals surface area contributed by atoms with E-state index >= 15 is 0 Å². The number of carbonyl (C=O) groups excluding carboxylic acids is 1. The topological polar surface area (TPSA) is 50.4 Å². The molecule has 2 aliphatic heterocycles. The zero-order valence-electron chi connectivity index (χ0n) is 15.2. The highest BCUT2D eigenvalue weighted by molar-refractivity contribution is 5.85. The first-order valence-corrected chi connectivity index (χ1v) is 9.65. The van der Waals surface area contributed by atoms with Gasteiger partial charge in [-0.2, -0.15) is 0 Å². The van der Waals surface area contributed by atoms with Gasteiger partial charge in [-0.05, 0) is 47.9 Å². The van der Waals surface area contributed by atoms with E-state index in [-0.39, 0.29) is 30.5 Å². The molecule has 2 fully saturated rings. The summed E-state index contributed by atoms with van der Waals surface area (Å²) in [6.45, 7) is 0.387. The van der Waals surface area contributed by atoms with Crippen LogP contribution in [0.4, 0.5) is 4.79 Å². The van der Waals surface area contributed by atoms with Crippen molar-refractivity contribution in [2.75, 3.05) is 6.61 Å². The number of hydrogen-bond acceptors (Lipinski definition) is 3. The van der Waals surface area contributed by atoms with Crippen molar-refractivity contribution in [3.8, 4) is 11.1 Å². The molecule has 4 nitrogen and oxygen atoms in total. The van der Waals surface area contributed by atoms with Crippen molar-refractivity contribution in [1.82, 2.24) is 10.6 Å². The first-order chi connectivity index (χ1) is 12.8. The largest absolute Gasteiger partial charge is 0.449 e.